The Labute approximate surface area is 109 Å². The van der Waals surface area contributed by atoms with Crippen LogP contribution >= 0.6 is 0 Å². The molecule has 0 saturated carbocycles. The molecule has 2 atom stereocenters. The summed E-state index contributed by atoms with van der Waals surface area (Å²) in [6.07, 6.45) is 2.09. The minimum absolute atomic E-state index is 0.0620. The van der Waals surface area contributed by atoms with Gasteiger partial charge in [-0.05, 0) is 17.9 Å². The third-order valence-electron chi connectivity index (χ3n) is 3.27. The molecule has 3 heteroatoms. The van der Waals surface area contributed by atoms with Gasteiger partial charge in [0.05, 0.1) is 7.11 Å². The Morgan fingerprint density at radius 2 is 2.11 bits per heavy atom. The maximum atomic E-state index is 6.23. The summed E-state index contributed by atoms with van der Waals surface area (Å²) in [5.74, 6) is 1.69. The van der Waals surface area contributed by atoms with Crippen molar-refractivity contribution < 1.29 is 9.47 Å². The van der Waals surface area contributed by atoms with Crippen LogP contribution in [0.5, 0.6) is 11.5 Å². The summed E-state index contributed by atoms with van der Waals surface area (Å²) in [5.41, 5.74) is 7.56. The normalized spacial score (nSPS) is 23.2. The van der Waals surface area contributed by atoms with Crippen LogP contribution in [0.25, 0.3) is 0 Å². The van der Waals surface area contributed by atoms with Gasteiger partial charge in [-0.3, -0.25) is 0 Å². The van der Waals surface area contributed by atoms with E-state index in [4.69, 9.17) is 15.2 Å². The Morgan fingerprint density at radius 1 is 1.39 bits per heavy atom. The first kappa shape index (κ1) is 13.2. The molecule has 1 aliphatic rings. The Hall–Kier alpha value is -1.22. The van der Waals surface area contributed by atoms with Gasteiger partial charge in [-0.25, -0.2) is 0 Å². The fraction of sp³-hybridized carbons (Fsp3) is 0.600. The summed E-state index contributed by atoms with van der Waals surface area (Å²) in [6, 6.07) is 5.94. The van der Waals surface area contributed by atoms with Gasteiger partial charge in [0.15, 0.2) is 0 Å². The van der Waals surface area contributed by atoms with Gasteiger partial charge < -0.3 is 15.2 Å². The topological polar surface area (TPSA) is 44.5 Å². The van der Waals surface area contributed by atoms with Gasteiger partial charge in [-0.1, -0.05) is 26.8 Å². The van der Waals surface area contributed by atoms with Gasteiger partial charge >= 0.3 is 0 Å². The van der Waals surface area contributed by atoms with E-state index in [2.05, 4.69) is 20.8 Å². The summed E-state index contributed by atoms with van der Waals surface area (Å²) in [5, 5.41) is 0. The van der Waals surface area contributed by atoms with Crippen molar-refractivity contribution in [2.75, 3.05) is 7.11 Å². The van der Waals surface area contributed by atoms with Crippen molar-refractivity contribution in [2.24, 2.45) is 11.1 Å². The molecule has 2 rings (SSSR count). The minimum atomic E-state index is 0.0620. The van der Waals surface area contributed by atoms with Crippen LogP contribution in [0, 0.1) is 5.41 Å². The average molecular weight is 249 g/mol. The molecule has 0 aromatic heterocycles. The average Bonchev–Trinajstić information content (AvgIpc) is 2.25. The Bertz CT molecular complexity index is 423. The van der Waals surface area contributed by atoms with E-state index in [1.54, 1.807) is 7.11 Å². The van der Waals surface area contributed by atoms with Crippen LogP contribution in [0.2, 0.25) is 0 Å². The van der Waals surface area contributed by atoms with Gasteiger partial charge in [0, 0.05) is 24.1 Å². The molecule has 18 heavy (non-hydrogen) atoms. The molecule has 0 amide bonds. The maximum absolute atomic E-state index is 6.23. The van der Waals surface area contributed by atoms with Crippen LogP contribution in [-0.2, 0) is 0 Å². The van der Waals surface area contributed by atoms with E-state index in [9.17, 15) is 0 Å². The van der Waals surface area contributed by atoms with E-state index >= 15 is 0 Å². The first-order valence-electron chi connectivity index (χ1n) is 6.49. The fourth-order valence-electron chi connectivity index (χ4n) is 2.50. The zero-order valence-electron chi connectivity index (χ0n) is 11.7. The molecular weight excluding hydrogens is 226 g/mol. The highest BCUT2D eigenvalue weighted by Crippen LogP contribution is 2.38. The fourth-order valence-corrected chi connectivity index (χ4v) is 2.50. The number of benzene rings is 1. The summed E-state index contributed by atoms with van der Waals surface area (Å²) >= 11 is 0. The number of fused-ring (bicyclic) bond motifs is 1. The van der Waals surface area contributed by atoms with Crippen LogP contribution in [0.1, 0.15) is 45.2 Å². The van der Waals surface area contributed by atoms with Crippen molar-refractivity contribution in [3.63, 3.8) is 0 Å². The van der Waals surface area contributed by atoms with Crippen molar-refractivity contribution in [1.82, 2.24) is 0 Å². The number of nitrogens with two attached hydrogens (primary N) is 1. The van der Waals surface area contributed by atoms with Crippen LogP contribution < -0.4 is 15.2 Å². The molecule has 0 bridgehead atoms. The van der Waals surface area contributed by atoms with Crippen molar-refractivity contribution in [3.8, 4) is 11.5 Å². The molecule has 2 N–H and O–H groups in total. The largest absolute Gasteiger partial charge is 0.497 e. The second kappa shape index (κ2) is 4.81. The lowest BCUT2D eigenvalue weighted by Crippen LogP contribution is -2.32. The molecule has 0 aliphatic carbocycles. The quantitative estimate of drug-likeness (QED) is 0.874. The standard InChI is InChI=1S/C15H23NO2/c1-15(2,3)9-11-7-13(16)12-6-5-10(17-4)8-14(12)18-11/h5-6,8,11,13H,7,9,16H2,1-4H3. The predicted octanol–water partition coefficient (Wildman–Crippen LogP) is 3.28. The van der Waals surface area contributed by atoms with E-state index < -0.39 is 0 Å². The van der Waals surface area contributed by atoms with Crippen LogP contribution in [-0.4, -0.2) is 13.2 Å². The number of hydrogen-bond acceptors (Lipinski definition) is 3. The summed E-state index contributed by atoms with van der Waals surface area (Å²) in [4.78, 5) is 0. The van der Waals surface area contributed by atoms with E-state index in [1.165, 1.54) is 0 Å². The second-order valence-electron chi connectivity index (χ2n) is 6.25. The van der Waals surface area contributed by atoms with Gasteiger partial charge in [-0.2, -0.15) is 0 Å². The van der Waals surface area contributed by atoms with E-state index in [-0.39, 0.29) is 17.6 Å². The molecule has 0 saturated heterocycles. The smallest absolute Gasteiger partial charge is 0.128 e. The lowest BCUT2D eigenvalue weighted by Gasteiger charge is -2.34. The summed E-state index contributed by atoms with van der Waals surface area (Å²) < 4.78 is 11.3. The molecule has 0 spiro atoms. The highest BCUT2D eigenvalue weighted by Gasteiger charge is 2.29. The number of hydrogen-bond donors (Lipinski definition) is 1. The van der Waals surface area contributed by atoms with Crippen molar-refractivity contribution >= 4 is 0 Å². The van der Waals surface area contributed by atoms with Crippen LogP contribution in [0.15, 0.2) is 18.2 Å². The third kappa shape index (κ3) is 2.96. The van der Waals surface area contributed by atoms with Gasteiger partial charge in [0.25, 0.3) is 0 Å². The molecular formula is C15H23NO2. The van der Waals surface area contributed by atoms with Crippen molar-refractivity contribution in [1.29, 1.82) is 0 Å². The highest BCUT2D eigenvalue weighted by molar-refractivity contribution is 5.43. The van der Waals surface area contributed by atoms with Gasteiger partial charge in [0.1, 0.15) is 17.6 Å². The first-order chi connectivity index (χ1) is 8.39. The Morgan fingerprint density at radius 3 is 2.72 bits per heavy atom. The van der Waals surface area contributed by atoms with E-state index in [0.29, 0.717) is 0 Å². The minimum Gasteiger partial charge on any atom is -0.497 e. The van der Waals surface area contributed by atoms with Crippen LogP contribution in [0.3, 0.4) is 0 Å². The Balaban J connectivity index is 2.21. The maximum Gasteiger partial charge on any atom is 0.128 e. The van der Waals surface area contributed by atoms with E-state index in [1.807, 2.05) is 18.2 Å². The summed E-state index contributed by atoms with van der Waals surface area (Å²) in [6.45, 7) is 6.68. The SMILES string of the molecule is COc1ccc2c(c1)OC(CC(C)(C)C)CC2N. The third-order valence-corrected chi connectivity index (χ3v) is 3.27. The van der Waals surface area contributed by atoms with Gasteiger partial charge in [0.2, 0.25) is 0 Å². The second-order valence-corrected chi connectivity index (χ2v) is 6.25. The summed E-state index contributed by atoms with van der Waals surface area (Å²) in [7, 11) is 1.66. The molecule has 3 nitrogen and oxygen atoms in total. The number of rotatable bonds is 2. The molecule has 1 aromatic carbocycles. The Kier molecular flexibility index (Phi) is 3.53. The molecule has 1 aromatic rings. The van der Waals surface area contributed by atoms with Gasteiger partial charge in [-0.15, -0.1) is 0 Å². The lowest BCUT2D eigenvalue weighted by molar-refractivity contribution is 0.112. The molecule has 2 unspecified atom stereocenters. The molecule has 0 fully saturated rings. The number of ether oxygens (including phenoxy) is 2. The zero-order valence-corrected chi connectivity index (χ0v) is 11.7. The zero-order chi connectivity index (χ0) is 13.3. The van der Waals surface area contributed by atoms with Crippen LogP contribution in [0.4, 0.5) is 0 Å². The molecule has 1 aliphatic heterocycles. The molecule has 0 radical (unpaired) electrons. The van der Waals surface area contributed by atoms with Crippen molar-refractivity contribution in [3.05, 3.63) is 23.8 Å². The monoisotopic (exact) mass is 249 g/mol. The highest BCUT2D eigenvalue weighted by atomic mass is 16.5. The van der Waals surface area contributed by atoms with Crippen molar-refractivity contribution in [2.45, 2.75) is 45.8 Å². The molecule has 1 heterocycles. The molecule has 100 valence electrons. The predicted molar refractivity (Wildman–Crippen MR) is 73.0 cm³/mol. The van der Waals surface area contributed by atoms with E-state index in [0.717, 1.165) is 29.9 Å². The lowest BCUT2D eigenvalue weighted by atomic mass is 9.85. The first-order valence-corrected chi connectivity index (χ1v) is 6.49. The number of methoxy groups -OCH3 is 1.